The number of amides is 1. The van der Waals surface area contributed by atoms with Crippen molar-refractivity contribution in [3.8, 4) is 5.82 Å². The Morgan fingerprint density at radius 1 is 1.17 bits per heavy atom. The van der Waals surface area contributed by atoms with E-state index in [1.165, 1.54) is 0 Å². The number of rotatable bonds is 6. The summed E-state index contributed by atoms with van der Waals surface area (Å²) in [6.07, 6.45) is 5.26. The Balaban J connectivity index is 1.63. The number of aryl methyl sites for hydroxylation is 1. The van der Waals surface area contributed by atoms with Gasteiger partial charge >= 0.3 is 0 Å². The summed E-state index contributed by atoms with van der Waals surface area (Å²) in [5, 5.41) is 6.98. The molecule has 0 bridgehead atoms. The van der Waals surface area contributed by atoms with Crippen LogP contribution in [0.15, 0.2) is 66.0 Å². The highest BCUT2D eigenvalue weighted by molar-refractivity contribution is 7.85. The Morgan fingerprint density at radius 2 is 1.88 bits per heavy atom. The maximum Gasteiger partial charge on any atom is 0.256 e. The van der Waals surface area contributed by atoms with Crippen molar-refractivity contribution in [2.75, 3.05) is 12.3 Å². The zero-order valence-corrected chi connectivity index (χ0v) is 14.1. The number of hydrogen-bond acceptors (Lipinski definition) is 3. The first kappa shape index (κ1) is 16.2. The van der Waals surface area contributed by atoms with E-state index in [2.05, 4.69) is 10.4 Å². The van der Waals surface area contributed by atoms with E-state index in [0.29, 0.717) is 23.7 Å². The molecule has 0 aliphatic carbocycles. The normalized spacial score (nSPS) is 12.0. The molecule has 1 atom stereocenters. The molecule has 0 fully saturated rings. The molecule has 2 aromatic heterocycles. The smallest absolute Gasteiger partial charge is 0.256 e. The van der Waals surface area contributed by atoms with Crippen molar-refractivity contribution in [2.45, 2.75) is 4.90 Å². The van der Waals surface area contributed by atoms with Gasteiger partial charge in [-0.15, -0.1) is 0 Å². The van der Waals surface area contributed by atoms with E-state index in [4.69, 9.17) is 0 Å². The summed E-state index contributed by atoms with van der Waals surface area (Å²) in [5.41, 5.74) is 0.485. The van der Waals surface area contributed by atoms with Gasteiger partial charge in [0.2, 0.25) is 0 Å². The number of benzene rings is 1. The molecule has 0 aliphatic rings. The second-order valence-corrected chi connectivity index (χ2v) is 6.79. The Kier molecular flexibility index (Phi) is 4.90. The Morgan fingerprint density at radius 3 is 2.58 bits per heavy atom. The van der Waals surface area contributed by atoms with Crippen LogP contribution >= 0.6 is 0 Å². The van der Waals surface area contributed by atoms with Crippen molar-refractivity contribution in [1.29, 1.82) is 0 Å². The lowest BCUT2D eigenvalue weighted by Crippen LogP contribution is -2.28. The average Bonchev–Trinajstić information content (AvgIpc) is 3.24. The molecule has 7 heteroatoms. The third-order valence-electron chi connectivity index (χ3n) is 3.58. The van der Waals surface area contributed by atoms with Gasteiger partial charge in [-0.2, -0.15) is 5.10 Å². The van der Waals surface area contributed by atoms with Crippen molar-refractivity contribution in [1.82, 2.24) is 19.7 Å². The standard InChI is InChI=1S/C17H18N4O2S/c1-20-17(21-10-5-6-11-21)15(13-19-20)16(22)18-9-12-24(23)14-7-3-2-4-8-14/h2-8,10-11,13H,9,12H2,1H3,(H,18,22). The Hall–Kier alpha value is -2.67. The number of nitrogens with one attached hydrogen (secondary N) is 1. The van der Waals surface area contributed by atoms with Crippen molar-refractivity contribution < 1.29 is 9.00 Å². The van der Waals surface area contributed by atoms with E-state index in [1.807, 2.05) is 59.4 Å². The third kappa shape index (κ3) is 3.46. The van der Waals surface area contributed by atoms with Gasteiger partial charge in [-0.25, -0.2) is 0 Å². The summed E-state index contributed by atoms with van der Waals surface area (Å²) in [7, 11) is 0.662. The minimum Gasteiger partial charge on any atom is -0.351 e. The van der Waals surface area contributed by atoms with E-state index in [1.54, 1.807) is 17.9 Å². The molecular formula is C17H18N4O2S. The summed E-state index contributed by atoms with van der Waals surface area (Å²) in [6.45, 7) is 0.334. The van der Waals surface area contributed by atoms with Gasteiger partial charge in [0, 0.05) is 36.6 Å². The number of nitrogens with zero attached hydrogens (tertiary/aromatic N) is 3. The van der Waals surface area contributed by atoms with Gasteiger partial charge in [0.25, 0.3) is 5.91 Å². The number of carbonyl (C=O) groups excluding carboxylic acids is 1. The molecule has 0 saturated heterocycles. The first-order chi connectivity index (χ1) is 11.7. The molecule has 1 amide bonds. The lowest BCUT2D eigenvalue weighted by molar-refractivity contribution is 0.0956. The zero-order chi connectivity index (χ0) is 16.9. The number of carbonyl (C=O) groups is 1. The van der Waals surface area contributed by atoms with Crippen LogP contribution < -0.4 is 5.32 Å². The van der Waals surface area contributed by atoms with Crippen LogP contribution in [0.3, 0.4) is 0 Å². The maximum absolute atomic E-state index is 12.4. The highest BCUT2D eigenvalue weighted by Gasteiger charge is 2.17. The molecule has 0 spiro atoms. The minimum atomic E-state index is -1.13. The SMILES string of the molecule is Cn1ncc(C(=O)NCCS(=O)c2ccccc2)c1-n1cccc1. The van der Waals surface area contributed by atoms with E-state index < -0.39 is 10.8 Å². The van der Waals surface area contributed by atoms with Gasteiger partial charge in [-0.3, -0.25) is 13.7 Å². The molecule has 24 heavy (non-hydrogen) atoms. The second-order valence-electron chi connectivity index (χ2n) is 5.21. The van der Waals surface area contributed by atoms with Crippen LogP contribution in [-0.4, -0.2) is 36.8 Å². The summed E-state index contributed by atoms with van der Waals surface area (Å²) < 4.78 is 15.6. The average molecular weight is 342 g/mol. The fourth-order valence-corrected chi connectivity index (χ4v) is 3.40. The molecule has 3 aromatic rings. The molecular weight excluding hydrogens is 324 g/mol. The van der Waals surface area contributed by atoms with Crippen molar-refractivity contribution in [3.05, 3.63) is 66.6 Å². The summed E-state index contributed by atoms with van der Waals surface area (Å²) in [4.78, 5) is 13.2. The molecule has 0 saturated carbocycles. The molecule has 2 heterocycles. The molecule has 1 N–H and O–H groups in total. The molecule has 1 unspecified atom stereocenters. The zero-order valence-electron chi connectivity index (χ0n) is 13.3. The third-order valence-corrected chi connectivity index (χ3v) is 4.95. The Labute approximate surface area is 142 Å². The summed E-state index contributed by atoms with van der Waals surface area (Å²) in [5.74, 6) is 0.841. The first-order valence-corrected chi connectivity index (χ1v) is 8.85. The largest absolute Gasteiger partial charge is 0.351 e. The van der Waals surface area contributed by atoms with Gasteiger partial charge in [0.05, 0.1) is 17.0 Å². The second kappa shape index (κ2) is 7.27. The van der Waals surface area contributed by atoms with E-state index in [0.717, 1.165) is 4.90 Å². The highest BCUT2D eigenvalue weighted by Crippen LogP contribution is 2.13. The van der Waals surface area contributed by atoms with Gasteiger partial charge in [0.15, 0.2) is 0 Å². The molecule has 124 valence electrons. The van der Waals surface area contributed by atoms with Crippen molar-refractivity contribution in [2.24, 2.45) is 7.05 Å². The van der Waals surface area contributed by atoms with E-state index in [-0.39, 0.29) is 5.91 Å². The molecule has 1 aromatic carbocycles. The first-order valence-electron chi connectivity index (χ1n) is 7.54. The van der Waals surface area contributed by atoms with Crippen LogP contribution in [-0.2, 0) is 17.8 Å². The lowest BCUT2D eigenvalue weighted by atomic mass is 10.3. The van der Waals surface area contributed by atoms with E-state index >= 15 is 0 Å². The van der Waals surface area contributed by atoms with Crippen LogP contribution in [0.1, 0.15) is 10.4 Å². The predicted octanol–water partition coefficient (Wildman–Crippen LogP) is 1.75. The monoisotopic (exact) mass is 342 g/mol. The van der Waals surface area contributed by atoms with Crippen molar-refractivity contribution in [3.63, 3.8) is 0 Å². The van der Waals surface area contributed by atoms with Gasteiger partial charge < -0.3 is 9.88 Å². The summed E-state index contributed by atoms with van der Waals surface area (Å²) in [6, 6.07) is 13.0. The van der Waals surface area contributed by atoms with E-state index in [9.17, 15) is 9.00 Å². The molecule has 3 rings (SSSR count). The number of hydrogen-bond donors (Lipinski definition) is 1. The fraction of sp³-hybridized carbons (Fsp3) is 0.176. The predicted molar refractivity (Wildman–Crippen MR) is 92.6 cm³/mol. The van der Waals surface area contributed by atoms with Gasteiger partial charge in [0.1, 0.15) is 11.4 Å². The van der Waals surface area contributed by atoms with Crippen molar-refractivity contribution >= 4 is 16.7 Å². The topological polar surface area (TPSA) is 68.9 Å². The lowest BCUT2D eigenvalue weighted by Gasteiger charge is -2.08. The van der Waals surface area contributed by atoms with Crippen LogP contribution in [0.2, 0.25) is 0 Å². The van der Waals surface area contributed by atoms with Crippen LogP contribution in [0.5, 0.6) is 0 Å². The molecule has 6 nitrogen and oxygen atoms in total. The van der Waals surface area contributed by atoms with Crippen LogP contribution in [0.25, 0.3) is 5.82 Å². The quantitative estimate of drug-likeness (QED) is 0.742. The maximum atomic E-state index is 12.4. The molecule has 0 radical (unpaired) electrons. The fourth-order valence-electron chi connectivity index (χ4n) is 2.42. The highest BCUT2D eigenvalue weighted by atomic mass is 32.2. The van der Waals surface area contributed by atoms with Gasteiger partial charge in [-0.05, 0) is 24.3 Å². The van der Waals surface area contributed by atoms with Gasteiger partial charge in [-0.1, -0.05) is 18.2 Å². The minimum absolute atomic E-state index is 0.225. The summed E-state index contributed by atoms with van der Waals surface area (Å²) >= 11 is 0. The van der Waals surface area contributed by atoms with Crippen LogP contribution in [0, 0.1) is 0 Å². The Bertz CT molecular complexity index is 841. The number of aromatic nitrogens is 3. The van der Waals surface area contributed by atoms with Crippen LogP contribution in [0.4, 0.5) is 0 Å². The molecule has 0 aliphatic heterocycles.